The minimum Gasteiger partial charge on any atom is -0.493 e. The van der Waals surface area contributed by atoms with Crippen LogP contribution in [0.15, 0.2) is 53.9 Å². The summed E-state index contributed by atoms with van der Waals surface area (Å²) in [6.07, 6.45) is 1.67. The van der Waals surface area contributed by atoms with Gasteiger partial charge in [-0.3, -0.25) is 14.4 Å². The molecule has 3 aromatic rings. The van der Waals surface area contributed by atoms with Crippen molar-refractivity contribution in [2.24, 2.45) is 0 Å². The molecule has 222 valence electrons. The molecule has 2 aliphatic heterocycles. The number of thiophene rings is 1. The number of carbonyl (C=O) groups is 3. The van der Waals surface area contributed by atoms with E-state index in [2.05, 4.69) is 15.5 Å². The maximum Gasteiger partial charge on any atom is 0.263 e. The second-order valence-electron chi connectivity index (χ2n) is 10.3. The fourth-order valence-electron chi connectivity index (χ4n) is 5.37. The molecule has 0 bridgehead atoms. The summed E-state index contributed by atoms with van der Waals surface area (Å²) >= 11 is 1.45. The van der Waals surface area contributed by atoms with E-state index in [1.54, 1.807) is 31.4 Å². The molecule has 0 spiro atoms. The Kier molecular flexibility index (Phi) is 9.60. The molecule has 10 nitrogen and oxygen atoms in total. The number of nitrogens with one attached hydrogen (secondary N) is 2. The van der Waals surface area contributed by atoms with Gasteiger partial charge < -0.3 is 34.8 Å². The van der Waals surface area contributed by atoms with E-state index in [4.69, 9.17) is 9.47 Å². The van der Waals surface area contributed by atoms with Crippen molar-refractivity contribution in [2.75, 3.05) is 76.8 Å². The fourth-order valence-corrected chi connectivity index (χ4v) is 6.06. The van der Waals surface area contributed by atoms with Gasteiger partial charge in [0.1, 0.15) is 0 Å². The molecule has 0 radical (unpaired) electrons. The van der Waals surface area contributed by atoms with Gasteiger partial charge in [-0.25, -0.2) is 0 Å². The smallest absolute Gasteiger partial charge is 0.263 e. The van der Waals surface area contributed by atoms with Crippen molar-refractivity contribution in [3.63, 3.8) is 0 Å². The van der Waals surface area contributed by atoms with Gasteiger partial charge in [-0.15, -0.1) is 11.3 Å². The van der Waals surface area contributed by atoms with Gasteiger partial charge in [0.05, 0.1) is 30.5 Å². The summed E-state index contributed by atoms with van der Waals surface area (Å²) in [6, 6.07) is 14.3. The van der Waals surface area contributed by atoms with Crippen molar-refractivity contribution < 1.29 is 23.9 Å². The Morgan fingerprint density at radius 1 is 0.786 bits per heavy atom. The number of amides is 3. The Morgan fingerprint density at radius 2 is 1.57 bits per heavy atom. The van der Waals surface area contributed by atoms with Crippen LogP contribution >= 0.6 is 11.3 Å². The van der Waals surface area contributed by atoms with E-state index in [9.17, 15) is 14.4 Å². The van der Waals surface area contributed by atoms with Crippen LogP contribution in [0.5, 0.6) is 11.5 Å². The number of anilines is 2. The molecule has 0 aliphatic carbocycles. The van der Waals surface area contributed by atoms with Crippen LogP contribution in [-0.4, -0.2) is 94.1 Å². The maximum absolute atomic E-state index is 13.5. The van der Waals surface area contributed by atoms with Crippen LogP contribution in [0.2, 0.25) is 0 Å². The standard InChI is InChI=1S/C31H37N5O5S/c1-40-26-10-8-22(21-27(26)41-2)29(37)33-24-20-23(30(38)35-13-4-11-32-12-16-35)7-9-25(24)34-14-5-15-36(18-17-34)31(39)28-6-3-19-42-28/h3,6-10,19-21,32H,4-5,11-18H2,1-2H3,(H,33,37). The van der Waals surface area contributed by atoms with Gasteiger partial charge in [-0.05, 0) is 67.2 Å². The molecular formula is C31H37N5O5S. The number of hydrogen-bond acceptors (Lipinski definition) is 8. The molecule has 0 atom stereocenters. The molecule has 1 aromatic heterocycles. The second-order valence-corrected chi connectivity index (χ2v) is 11.2. The SMILES string of the molecule is COc1ccc(C(=O)Nc2cc(C(=O)N3CCCNCC3)ccc2N2CCCN(C(=O)c3cccs3)CC2)cc1OC. The molecule has 2 saturated heterocycles. The molecule has 3 heterocycles. The van der Waals surface area contributed by atoms with Gasteiger partial charge in [0.15, 0.2) is 11.5 Å². The van der Waals surface area contributed by atoms with E-state index in [0.29, 0.717) is 67.6 Å². The molecule has 3 amide bonds. The van der Waals surface area contributed by atoms with Gasteiger partial charge >= 0.3 is 0 Å². The first-order chi connectivity index (χ1) is 20.5. The Morgan fingerprint density at radius 3 is 2.36 bits per heavy atom. The van der Waals surface area contributed by atoms with Gasteiger partial charge in [0.2, 0.25) is 0 Å². The maximum atomic E-state index is 13.5. The Bertz CT molecular complexity index is 1400. The molecule has 0 unspecified atom stereocenters. The molecule has 11 heteroatoms. The van der Waals surface area contributed by atoms with Crippen LogP contribution < -0.4 is 25.0 Å². The summed E-state index contributed by atoms with van der Waals surface area (Å²) in [5, 5.41) is 8.30. The zero-order valence-electron chi connectivity index (χ0n) is 24.1. The topological polar surface area (TPSA) is 103 Å². The fraction of sp³-hybridized carbons (Fsp3) is 0.387. The number of benzene rings is 2. The van der Waals surface area contributed by atoms with Crippen molar-refractivity contribution in [1.82, 2.24) is 15.1 Å². The zero-order valence-corrected chi connectivity index (χ0v) is 24.9. The summed E-state index contributed by atoms with van der Waals surface area (Å²) in [7, 11) is 3.07. The first-order valence-electron chi connectivity index (χ1n) is 14.2. The van der Waals surface area contributed by atoms with E-state index in [-0.39, 0.29) is 17.7 Å². The van der Waals surface area contributed by atoms with Crippen molar-refractivity contribution in [3.8, 4) is 11.5 Å². The third-order valence-corrected chi connectivity index (χ3v) is 8.48. The highest BCUT2D eigenvalue weighted by Crippen LogP contribution is 2.32. The van der Waals surface area contributed by atoms with Crippen molar-refractivity contribution in [3.05, 3.63) is 69.9 Å². The zero-order chi connectivity index (χ0) is 29.5. The van der Waals surface area contributed by atoms with Crippen LogP contribution in [-0.2, 0) is 0 Å². The van der Waals surface area contributed by atoms with Gasteiger partial charge in [-0.2, -0.15) is 0 Å². The van der Waals surface area contributed by atoms with Gasteiger partial charge in [0, 0.05) is 56.9 Å². The average molecular weight is 592 g/mol. The largest absolute Gasteiger partial charge is 0.493 e. The molecular weight excluding hydrogens is 554 g/mol. The lowest BCUT2D eigenvalue weighted by atomic mass is 10.1. The highest BCUT2D eigenvalue weighted by atomic mass is 32.1. The minimum absolute atomic E-state index is 0.0433. The molecule has 42 heavy (non-hydrogen) atoms. The molecule has 2 fully saturated rings. The van der Waals surface area contributed by atoms with E-state index in [1.165, 1.54) is 18.4 Å². The van der Waals surface area contributed by atoms with Crippen LogP contribution in [0.25, 0.3) is 0 Å². The molecule has 0 saturated carbocycles. The Balaban J connectivity index is 1.42. The summed E-state index contributed by atoms with van der Waals surface area (Å²) < 4.78 is 10.7. The first-order valence-corrected chi connectivity index (χ1v) is 15.1. The van der Waals surface area contributed by atoms with Crippen molar-refractivity contribution in [1.29, 1.82) is 0 Å². The summed E-state index contributed by atoms with van der Waals surface area (Å²) in [4.78, 5) is 46.7. The Hall–Kier alpha value is -4.09. The quantitative estimate of drug-likeness (QED) is 0.431. The van der Waals surface area contributed by atoms with E-state index < -0.39 is 0 Å². The molecule has 5 rings (SSSR count). The predicted molar refractivity (Wildman–Crippen MR) is 164 cm³/mol. The van der Waals surface area contributed by atoms with Crippen LogP contribution in [0.1, 0.15) is 43.2 Å². The van der Waals surface area contributed by atoms with E-state index >= 15 is 0 Å². The minimum atomic E-state index is -0.329. The number of ether oxygens (including phenoxy) is 2. The van der Waals surface area contributed by atoms with E-state index in [1.807, 2.05) is 39.4 Å². The molecule has 2 aliphatic rings. The monoisotopic (exact) mass is 591 g/mol. The lowest BCUT2D eigenvalue weighted by Gasteiger charge is -2.27. The van der Waals surface area contributed by atoms with Crippen molar-refractivity contribution >= 4 is 40.4 Å². The third kappa shape index (κ3) is 6.69. The average Bonchev–Trinajstić information content (AvgIpc) is 3.26. The summed E-state index contributed by atoms with van der Waals surface area (Å²) in [5.41, 5.74) is 2.28. The number of nitrogens with zero attached hydrogens (tertiary/aromatic N) is 3. The number of hydrogen-bond donors (Lipinski definition) is 2. The second kappa shape index (κ2) is 13.7. The third-order valence-electron chi connectivity index (χ3n) is 7.62. The highest BCUT2D eigenvalue weighted by Gasteiger charge is 2.25. The summed E-state index contributed by atoms with van der Waals surface area (Å²) in [5.74, 6) is 0.634. The summed E-state index contributed by atoms with van der Waals surface area (Å²) in [6.45, 7) is 5.47. The molecule has 2 aromatic carbocycles. The number of carbonyl (C=O) groups excluding carboxylic acids is 3. The predicted octanol–water partition coefficient (Wildman–Crippen LogP) is 3.81. The lowest BCUT2D eigenvalue weighted by Crippen LogP contribution is -2.35. The normalized spacial score (nSPS) is 15.9. The highest BCUT2D eigenvalue weighted by molar-refractivity contribution is 7.12. The van der Waals surface area contributed by atoms with Crippen LogP contribution in [0, 0.1) is 0 Å². The van der Waals surface area contributed by atoms with Crippen LogP contribution in [0.4, 0.5) is 11.4 Å². The van der Waals surface area contributed by atoms with Gasteiger partial charge in [0.25, 0.3) is 17.7 Å². The first kappa shape index (κ1) is 29.4. The van der Waals surface area contributed by atoms with Crippen molar-refractivity contribution in [2.45, 2.75) is 12.8 Å². The number of methoxy groups -OCH3 is 2. The van der Waals surface area contributed by atoms with Gasteiger partial charge in [-0.1, -0.05) is 6.07 Å². The lowest BCUT2D eigenvalue weighted by molar-refractivity contribution is 0.0761. The van der Waals surface area contributed by atoms with Crippen LogP contribution in [0.3, 0.4) is 0 Å². The molecule has 2 N–H and O–H groups in total. The number of rotatable bonds is 7. The van der Waals surface area contributed by atoms with E-state index in [0.717, 1.165) is 36.5 Å². The Labute approximate surface area is 250 Å².